The number of ketones is 1. The summed E-state index contributed by atoms with van der Waals surface area (Å²) in [6.07, 6.45) is 0.714. The molecular formula is C12H17NO3S. The lowest BCUT2D eigenvalue weighted by molar-refractivity contribution is 0.101. The summed E-state index contributed by atoms with van der Waals surface area (Å²) in [6.45, 7) is 5.11. The van der Waals surface area contributed by atoms with Gasteiger partial charge in [0.1, 0.15) is 0 Å². The van der Waals surface area contributed by atoms with Gasteiger partial charge in [-0.15, -0.1) is 0 Å². The minimum absolute atomic E-state index is 0.124. The van der Waals surface area contributed by atoms with Crippen LogP contribution in [0.25, 0.3) is 0 Å². The quantitative estimate of drug-likeness (QED) is 0.818. The van der Waals surface area contributed by atoms with Crippen LogP contribution in [0.4, 0.5) is 0 Å². The number of hydrogen-bond donors (Lipinski definition) is 1. The fraction of sp³-hybridized carbons (Fsp3) is 0.417. The average molecular weight is 255 g/mol. The molecule has 94 valence electrons. The van der Waals surface area contributed by atoms with Crippen LogP contribution in [0.15, 0.2) is 29.2 Å². The summed E-state index contributed by atoms with van der Waals surface area (Å²) in [5.74, 6) is -0.148. The lowest BCUT2D eigenvalue weighted by Crippen LogP contribution is -2.32. The summed E-state index contributed by atoms with van der Waals surface area (Å²) in [5.41, 5.74) is 0.400. The number of sulfonamides is 1. The maximum absolute atomic E-state index is 12.0. The van der Waals surface area contributed by atoms with Gasteiger partial charge in [0.15, 0.2) is 5.78 Å². The van der Waals surface area contributed by atoms with Gasteiger partial charge in [-0.05, 0) is 32.4 Å². The molecule has 4 nitrogen and oxygen atoms in total. The van der Waals surface area contributed by atoms with Crippen molar-refractivity contribution in [3.8, 4) is 0 Å². The van der Waals surface area contributed by atoms with E-state index in [1.54, 1.807) is 19.1 Å². The molecule has 0 aliphatic carbocycles. The molecular weight excluding hydrogens is 238 g/mol. The van der Waals surface area contributed by atoms with Crippen molar-refractivity contribution in [1.29, 1.82) is 0 Å². The van der Waals surface area contributed by atoms with Gasteiger partial charge in [-0.3, -0.25) is 4.79 Å². The molecule has 0 saturated carbocycles. The van der Waals surface area contributed by atoms with Gasteiger partial charge in [0, 0.05) is 11.6 Å². The van der Waals surface area contributed by atoms with E-state index in [0.717, 1.165) is 0 Å². The number of rotatable bonds is 5. The Morgan fingerprint density at radius 2 is 2.06 bits per heavy atom. The van der Waals surface area contributed by atoms with E-state index in [4.69, 9.17) is 0 Å². The Hall–Kier alpha value is -1.20. The topological polar surface area (TPSA) is 63.2 Å². The number of carbonyl (C=O) groups excluding carboxylic acids is 1. The molecule has 0 aliphatic heterocycles. The Balaban J connectivity index is 3.07. The van der Waals surface area contributed by atoms with E-state index in [1.165, 1.54) is 19.1 Å². The molecule has 0 spiro atoms. The summed E-state index contributed by atoms with van der Waals surface area (Å²) in [5, 5.41) is 0. The minimum atomic E-state index is -3.53. The van der Waals surface area contributed by atoms with Crippen molar-refractivity contribution in [2.24, 2.45) is 0 Å². The molecule has 0 heterocycles. The summed E-state index contributed by atoms with van der Waals surface area (Å²) < 4.78 is 26.5. The molecule has 5 heteroatoms. The van der Waals surface area contributed by atoms with Crippen molar-refractivity contribution in [2.45, 2.75) is 38.1 Å². The molecule has 0 fully saturated rings. The van der Waals surface area contributed by atoms with Gasteiger partial charge in [0.2, 0.25) is 10.0 Å². The molecule has 1 N–H and O–H groups in total. The first kappa shape index (κ1) is 13.9. The second-order valence-corrected chi connectivity index (χ2v) is 5.73. The number of Topliss-reactive ketones (excluding diaryl/α,β-unsaturated/α-hetero) is 1. The zero-order chi connectivity index (χ0) is 13.1. The third-order valence-electron chi connectivity index (χ3n) is 2.52. The second kappa shape index (κ2) is 5.42. The summed E-state index contributed by atoms with van der Waals surface area (Å²) in [7, 11) is -3.53. The predicted molar refractivity (Wildman–Crippen MR) is 66.5 cm³/mol. The van der Waals surface area contributed by atoms with Crippen molar-refractivity contribution < 1.29 is 13.2 Å². The highest BCUT2D eigenvalue weighted by molar-refractivity contribution is 7.89. The zero-order valence-electron chi connectivity index (χ0n) is 10.2. The largest absolute Gasteiger partial charge is 0.295 e. The first-order chi connectivity index (χ1) is 7.86. The summed E-state index contributed by atoms with van der Waals surface area (Å²) in [4.78, 5) is 11.3. The Labute approximate surface area is 102 Å². The highest BCUT2D eigenvalue weighted by Crippen LogP contribution is 2.12. The van der Waals surface area contributed by atoms with E-state index < -0.39 is 10.0 Å². The Morgan fingerprint density at radius 1 is 1.41 bits per heavy atom. The smallest absolute Gasteiger partial charge is 0.240 e. The monoisotopic (exact) mass is 255 g/mol. The molecule has 17 heavy (non-hydrogen) atoms. The zero-order valence-corrected chi connectivity index (χ0v) is 11.0. The van der Waals surface area contributed by atoms with Gasteiger partial charge >= 0.3 is 0 Å². The Bertz CT molecular complexity index is 508. The fourth-order valence-corrected chi connectivity index (χ4v) is 2.67. The van der Waals surface area contributed by atoms with Gasteiger partial charge in [-0.1, -0.05) is 19.1 Å². The Morgan fingerprint density at radius 3 is 2.59 bits per heavy atom. The van der Waals surface area contributed by atoms with Gasteiger partial charge in [-0.2, -0.15) is 0 Å². The average Bonchev–Trinajstić information content (AvgIpc) is 2.28. The van der Waals surface area contributed by atoms with E-state index in [2.05, 4.69) is 4.72 Å². The third-order valence-corrected chi connectivity index (χ3v) is 4.11. The van der Waals surface area contributed by atoms with Crippen molar-refractivity contribution >= 4 is 15.8 Å². The van der Waals surface area contributed by atoms with E-state index in [9.17, 15) is 13.2 Å². The van der Waals surface area contributed by atoms with Crippen LogP contribution in [0.5, 0.6) is 0 Å². The molecule has 0 radical (unpaired) electrons. The first-order valence-corrected chi connectivity index (χ1v) is 6.98. The maximum Gasteiger partial charge on any atom is 0.240 e. The van der Waals surface area contributed by atoms with Crippen molar-refractivity contribution in [3.63, 3.8) is 0 Å². The van der Waals surface area contributed by atoms with Crippen LogP contribution in [0.2, 0.25) is 0 Å². The van der Waals surface area contributed by atoms with Crippen molar-refractivity contribution in [2.75, 3.05) is 0 Å². The first-order valence-electron chi connectivity index (χ1n) is 5.50. The molecule has 0 aromatic heterocycles. The highest BCUT2D eigenvalue weighted by Gasteiger charge is 2.17. The highest BCUT2D eigenvalue weighted by atomic mass is 32.2. The standard InChI is InChI=1S/C12H17NO3S/c1-4-9(2)13-17(15,16)12-7-5-6-11(8-12)10(3)14/h5-9,13H,4H2,1-3H3/t9-/m1/s1. The summed E-state index contributed by atoms with van der Waals surface area (Å²) >= 11 is 0. The Kier molecular flexibility index (Phi) is 4.42. The van der Waals surface area contributed by atoms with Crippen molar-refractivity contribution in [1.82, 2.24) is 4.72 Å². The van der Waals surface area contributed by atoms with E-state index in [-0.39, 0.29) is 16.7 Å². The molecule has 0 unspecified atom stereocenters. The SMILES string of the molecule is CC[C@@H](C)NS(=O)(=O)c1cccc(C(C)=O)c1. The van der Waals surface area contributed by atoms with E-state index >= 15 is 0 Å². The van der Waals surface area contributed by atoms with Gasteiger partial charge in [-0.25, -0.2) is 13.1 Å². The number of hydrogen-bond acceptors (Lipinski definition) is 3. The lowest BCUT2D eigenvalue weighted by Gasteiger charge is -2.12. The lowest BCUT2D eigenvalue weighted by atomic mass is 10.2. The molecule has 1 aromatic carbocycles. The number of nitrogens with one attached hydrogen (secondary N) is 1. The van der Waals surface area contributed by atoms with Crippen LogP contribution in [-0.2, 0) is 10.0 Å². The number of benzene rings is 1. The van der Waals surface area contributed by atoms with Crippen LogP contribution in [0, 0.1) is 0 Å². The third kappa shape index (κ3) is 3.64. The molecule has 1 rings (SSSR count). The molecule has 1 aromatic rings. The normalized spacial score (nSPS) is 13.4. The van der Waals surface area contributed by atoms with Gasteiger partial charge < -0.3 is 0 Å². The minimum Gasteiger partial charge on any atom is -0.295 e. The molecule has 1 atom stereocenters. The number of carbonyl (C=O) groups is 1. The molecule has 0 saturated heterocycles. The van der Waals surface area contributed by atoms with Gasteiger partial charge in [0.25, 0.3) is 0 Å². The van der Waals surface area contributed by atoms with Crippen LogP contribution in [0.3, 0.4) is 0 Å². The van der Waals surface area contributed by atoms with Gasteiger partial charge in [0.05, 0.1) is 4.90 Å². The second-order valence-electron chi connectivity index (χ2n) is 4.01. The van der Waals surface area contributed by atoms with E-state index in [0.29, 0.717) is 12.0 Å². The molecule has 0 bridgehead atoms. The van der Waals surface area contributed by atoms with Crippen LogP contribution in [-0.4, -0.2) is 20.2 Å². The maximum atomic E-state index is 12.0. The molecule has 0 amide bonds. The van der Waals surface area contributed by atoms with Crippen LogP contribution >= 0.6 is 0 Å². The van der Waals surface area contributed by atoms with E-state index in [1.807, 2.05) is 6.92 Å². The predicted octanol–water partition coefficient (Wildman–Crippen LogP) is 1.97. The van der Waals surface area contributed by atoms with Crippen molar-refractivity contribution in [3.05, 3.63) is 29.8 Å². The molecule has 0 aliphatic rings. The van der Waals surface area contributed by atoms with Crippen LogP contribution < -0.4 is 4.72 Å². The fourth-order valence-electron chi connectivity index (χ4n) is 1.30. The van der Waals surface area contributed by atoms with Crippen LogP contribution in [0.1, 0.15) is 37.6 Å². The summed E-state index contributed by atoms with van der Waals surface area (Å²) in [6, 6.07) is 5.93.